The van der Waals surface area contributed by atoms with Gasteiger partial charge in [0.15, 0.2) is 12.4 Å². The molecule has 0 aromatic heterocycles. The molecule has 0 amide bonds. The molecule has 0 aromatic rings. The van der Waals surface area contributed by atoms with E-state index >= 15 is 0 Å². The highest BCUT2D eigenvalue weighted by molar-refractivity contribution is 5.66. The molecule has 9 heteroatoms. The quantitative estimate of drug-likeness (QED) is 0.306. The van der Waals surface area contributed by atoms with Crippen molar-refractivity contribution in [3.63, 3.8) is 0 Å². The average Bonchev–Trinajstić information content (AvgIpc) is 3.65. The largest absolute Gasteiger partial charge is 0.457 e. The van der Waals surface area contributed by atoms with Gasteiger partial charge in [-0.05, 0) is 124 Å². The highest BCUT2D eigenvalue weighted by Crippen LogP contribution is 2.89. The summed E-state index contributed by atoms with van der Waals surface area (Å²) in [5.74, 6) is 1.03. The van der Waals surface area contributed by atoms with Crippen LogP contribution >= 0.6 is 0 Å². The van der Waals surface area contributed by atoms with E-state index < -0.39 is 29.9 Å². The SMILES string of the molecule is CC(=O)O[C@@H]([C@H]1C[C@@H](C)C2[C@H](O1)[C@H](O)[C@@]1(C)[C@@H]3CC[C@H]4C(C)(C)[C@@H](OC5CN(C(C)(C)CO)CCO5)CC[C@@]45C[C@@]35CC[C@]21C)C(C)(C)O. The van der Waals surface area contributed by atoms with Crippen LogP contribution in [0.1, 0.15) is 121 Å². The fourth-order valence-corrected chi connectivity index (χ4v) is 14.1. The van der Waals surface area contributed by atoms with Crippen molar-refractivity contribution >= 4 is 5.97 Å². The molecule has 3 N–H and O–H groups in total. The molecule has 2 saturated heterocycles. The van der Waals surface area contributed by atoms with Gasteiger partial charge in [0.1, 0.15) is 0 Å². The second kappa shape index (κ2) is 11.6. The van der Waals surface area contributed by atoms with Crippen LogP contribution in [-0.2, 0) is 23.7 Å². The van der Waals surface area contributed by atoms with Crippen LogP contribution in [0.4, 0.5) is 0 Å². The minimum Gasteiger partial charge on any atom is -0.457 e. The summed E-state index contributed by atoms with van der Waals surface area (Å²) < 4.78 is 25.6. The van der Waals surface area contributed by atoms with Crippen molar-refractivity contribution in [1.29, 1.82) is 0 Å². The van der Waals surface area contributed by atoms with Crippen LogP contribution in [0.2, 0.25) is 0 Å². The van der Waals surface area contributed by atoms with E-state index in [1.54, 1.807) is 13.8 Å². The zero-order valence-electron chi connectivity index (χ0n) is 32.1. The van der Waals surface area contributed by atoms with Gasteiger partial charge in [-0.2, -0.15) is 0 Å². The Hall–Kier alpha value is -0.810. The van der Waals surface area contributed by atoms with Gasteiger partial charge in [-0.1, -0.05) is 34.6 Å². The molecule has 2 aliphatic heterocycles. The number of hydrogen-bond donors (Lipinski definition) is 3. The summed E-state index contributed by atoms with van der Waals surface area (Å²) in [4.78, 5) is 14.4. The molecule has 9 nitrogen and oxygen atoms in total. The van der Waals surface area contributed by atoms with Crippen molar-refractivity contribution in [2.75, 3.05) is 26.3 Å². The van der Waals surface area contributed by atoms with Crippen LogP contribution in [0.3, 0.4) is 0 Å². The topological polar surface area (TPSA) is 118 Å². The van der Waals surface area contributed by atoms with Gasteiger partial charge in [0.2, 0.25) is 0 Å². The van der Waals surface area contributed by atoms with Gasteiger partial charge in [-0.15, -0.1) is 0 Å². The smallest absolute Gasteiger partial charge is 0.303 e. The van der Waals surface area contributed by atoms with Crippen molar-refractivity contribution in [3.8, 4) is 0 Å². The lowest BCUT2D eigenvalue weighted by Gasteiger charge is -2.64. The van der Waals surface area contributed by atoms with E-state index in [1.165, 1.54) is 26.2 Å². The first-order valence-electron chi connectivity index (χ1n) is 19.6. The van der Waals surface area contributed by atoms with E-state index in [2.05, 4.69) is 53.4 Å². The highest BCUT2D eigenvalue weighted by Gasteiger charge is 2.84. The number of carbonyl (C=O) groups is 1. The highest BCUT2D eigenvalue weighted by atomic mass is 16.7. The minimum absolute atomic E-state index is 0.00244. The number of hydrogen-bond acceptors (Lipinski definition) is 9. The second-order valence-electron chi connectivity index (χ2n) is 20.1. The Bertz CT molecular complexity index is 1300. The third-order valence-electron chi connectivity index (χ3n) is 16.7. The lowest BCUT2D eigenvalue weighted by Crippen LogP contribution is -2.60. The van der Waals surface area contributed by atoms with E-state index in [0.29, 0.717) is 31.4 Å². The third kappa shape index (κ3) is 5.05. The van der Waals surface area contributed by atoms with E-state index in [-0.39, 0.29) is 69.6 Å². The fourth-order valence-electron chi connectivity index (χ4n) is 14.1. The van der Waals surface area contributed by atoms with E-state index in [4.69, 9.17) is 18.9 Å². The van der Waals surface area contributed by atoms with Crippen molar-refractivity contribution in [2.24, 2.45) is 50.7 Å². The Balaban J connectivity index is 1.12. The summed E-state index contributed by atoms with van der Waals surface area (Å²) in [5.41, 5.74) is -1.39. The molecule has 280 valence electrons. The summed E-state index contributed by atoms with van der Waals surface area (Å²) in [6.45, 7) is 23.2. The van der Waals surface area contributed by atoms with Crippen LogP contribution < -0.4 is 0 Å². The van der Waals surface area contributed by atoms with Crippen LogP contribution in [0.5, 0.6) is 0 Å². The van der Waals surface area contributed by atoms with Crippen molar-refractivity contribution < 1.29 is 39.1 Å². The molecule has 2 heterocycles. The maximum Gasteiger partial charge on any atom is 0.303 e. The minimum atomic E-state index is -1.26. The summed E-state index contributed by atoms with van der Waals surface area (Å²) in [6.07, 6.45) is 6.32. The number of nitrogens with zero attached hydrogens (tertiary/aromatic N) is 1. The molecule has 7 rings (SSSR count). The number of morpholine rings is 1. The van der Waals surface area contributed by atoms with Gasteiger partial charge in [0.05, 0.1) is 49.8 Å². The fraction of sp³-hybridized carbons (Fsp3) is 0.975. The van der Waals surface area contributed by atoms with Crippen LogP contribution in [0.25, 0.3) is 0 Å². The van der Waals surface area contributed by atoms with Gasteiger partial charge >= 0.3 is 5.97 Å². The Morgan fingerprint density at radius 3 is 2.35 bits per heavy atom. The van der Waals surface area contributed by atoms with E-state index in [9.17, 15) is 20.1 Å². The average molecular weight is 690 g/mol. The molecule has 0 bridgehead atoms. The normalized spacial score (nSPS) is 49.9. The molecule has 5 aliphatic carbocycles. The number of ether oxygens (including phenoxy) is 4. The van der Waals surface area contributed by atoms with Crippen molar-refractivity contribution in [3.05, 3.63) is 0 Å². The van der Waals surface area contributed by atoms with Crippen molar-refractivity contribution in [1.82, 2.24) is 4.90 Å². The summed E-state index contributed by atoms with van der Waals surface area (Å²) in [5, 5.41) is 33.6. The maximum atomic E-state index is 12.6. The standard InChI is InChI=1S/C40H67NO8/c1-23-19-25(33(36(7,8)45)47-24(2)43)48-31-30(23)37(9)15-16-40-21-39(40)14-13-28(49-29-20-41(17-18-46-29)34(3,4)22-42)35(5,6)26(39)11-12-27(40)38(37,10)32(31)44/h23,25-33,42,44-45H,11-22H2,1-10H3/t23-,25-,26+,27+,28+,29?,30?,31+,32+,33+,37-,38-,39-,40+/m1/s1. The lowest BCUT2D eigenvalue weighted by atomic mass is 9.41. The van der Waals surface area contributed by atoms with Crippen molar-refractivity contribution in [2.45, 2.75) is 169 Å². The zero-order valence-corrected chi connectivity index (χ0v) is 32.1. The maximum absolute atomic E-state index is 12.6. The molecule has 5 saturated carbocycles. The first-order valence-corrected chi connectivity index (χ1v) is 19.6. The first-order chi connectivity index (χ1) is 22.7. The molecule has 49 heavy (non-hydrogen) atoms. The molecule has 0 aromatic carbocycles. The monoisotopic (exact) mass is 689 g/mol. The summed E-state index contributed by atoms with van der Waals surface area (Å²) >= 11 is 0. The number of esters is 1. The van der Waals surface area contributed by atoms with Gasteiger partial charge in [-0.25, -0.2) is 0 Å². The van der Waals surface area contributed by atoms with Crippen LogP contribution in [-0.4, -0.2) is 100 Å². The Labute approximate surface area is 295 Å². The van der Waals surface area contributed by atoms with Gasteiger partial charge in [0, 0.05) is 24.4 Å². The Morgan fingerprint density at radius 1 is 1.02 bits per heavy atom. The van der Waals surface area contributed by atoms with Gasteiger partial charge < -0.3 is 34.3 Å². The predicted octanol–water partition coefficient (Wildman–Crippen LogP) is 5.32. The van der Waals surface area contributed by atoms with Crippen LogP contribution in [0.15, 0.2) is 0 Å². The third-order valence-corrected chi connectivity index (χ3v) is 16.7. The molecule has 2 unspecified atom stereocenters. The van der Waals surface area contributed by atoms with E-state index in [0.717, 1.165) is 32.2 Å². The lowest BCUT2D eigenvalue weighted by molar-refractivity contribution is -0.254. The Morgan fingerprint density at radius 2 is 1.69 bits per heavy atom. The number of fused-ring (bicyclic) bond motifs is 4. The van der Waals surface area contributed by atoms with Gasteiger partial charge in [0.25, 0.3) is 0 Å². The number of aliphatic hydroxyl groups excluding tert-OH is 2. The second-order valence-corrected chi connectivity index (χ2v) is 20.1. The number of carbonyl (C=O) groups excluding carboxylic acids is 1. The van der Waals surface area contributed by atoms with Gasteiger partial charge in [-0.3, -0.25) is 9.69 Å². The molecule has 7 fully saturated rings. The van der Waals surface area contributed by atoms with E-state index in [1.807, 2.05) is 0 Å². The molecule has 2 spiro atoms. The molecular weight excluding hydrogens is 622 g/mol. The van der Waals surface area contributed by atoms with Crippen LogP contribution in [0, 0.1) is 50.7 Å². The molecule has 14 atom stereocenters. The number of rotatable bonds is 7. The summed E-state index contributed by atoms with van der Waals surface area (Å²) in [6, 6.07) is 0. The Kier molecular flexibility index (Phi) is 8.65. The first kappa shape index (κ1) is 36.5. The number of aliphatic hydroxyl groups is 3. The summed E-state index contributed by atoms with van der Waals surface area (Å²) in [7, 11) is 0. The molecular formula is C40H67NO8. The zero-order chi connectivity index (χ0) is 35.7. The molecule has 7 aliphatic rings. The predicted molar refractivity (Wildman–Crippen MR) is 185 cm³/mol. The molecule has 0 radical (unpaired) electrons.